The van der Waals surface area contributed by atoms with E-state index in [0.717, 1.165) is 10.0 Å². The van der Waals surface area contributed by atoms with Gasteiger partial charge in [-0.15, -0.1) is 0 Å². The van der Waals surface area contributed by atoms with Gasteiger partial charge in [-0.3, -0.25) is 4.79 Å². The minimum Gasteiger partial charge on any atom is -0.438 e. The predicted octanol–water partition coefficient (Wildman–Crippen LogP) is 1.92. The first-order valence-corrected chi connectivity index (χ1v) is 8.76. The molecule has 0 bridgehead atoms. The van der Waals surface area contributed by atoms with E-state index in [1.165, 1.54) is 19.2 Å². The van der Waals surface area contributed by atoms with Crippen molar-refractivity contribution in [2.75, 3.05) is 13.6 Å². The molecule has 0 aliphatic carbocycles. The van der Waals surface area contributed by atoms with Crippen LogP contribution in [0.2, 0.25) is 0 Å². The molecule has 2 aromatic rings. The van der Waals surface area contributed by atoms with Gasteiger partial charge in [-0.05, 0) is 43.3 Å². The number of amides is 1. The number of halogens is 1. The lowest BCUT2D eigenvalue weighted by molar-refractivity contribution is 0.0921. The number of hydrogen-bond acceptors (Lipinski definition) is 4. The summed E-state index contributed by atoms with van der Waals surface area (Å²) in [4.78, 5) is 11.9. The Kier molecular flexibility index (Phi) is 5.38. The van der Waals surface area contributed by atoms with E-state index < -0.39 is 15.9 Å². The third kappa shape index (κ3) is 4.19. The number of furan rings is 1. The molecular formula is C14H15BrN2O4S. The van der Waals surface area contributed by atoms with Gasteiger partial charge in [-0.1, -0.05) is 28.1 Å². The molecule has 2 rings (SSSR count). The third-order valence-electron chi connectivity index (χ3n) is 2.95. The van der Waals surface area contributed by atoms with E-state index in [0.29, 0.717) is 13.0 Å². The first-order chi connectivity index (χ1) is 10.4. The Bertz CT molecular complexity index is 753. The molecule has 0 radical (unpaired) electrons. The molecule has 0 unspecified atom stereocenters. The second-order valence-electron chi connectivity index (χ2n) is 4.46. The highest BCUT2D eigenvalue weighted by Crippen LogP contribution is 2.13. The molecule has 0 fully saturated rings. The molecule has 1 aromatic heterocycles. The number of carbonyl (C=O) groups is 1. The van der Waals surface area contributed by atoms with Crippen molar-refractivity contribution in [1.29, 1.82) is 0 Å². The summed E-state index contributed by atoms with van der Waals surface area (Å²) in [6.07, 6.45) is 0.668. The van der Waals surface area contributed by atoms with Gasteiger partial charge in [-0.2, -0.15) is 0 Å². The van der Waals surface area contributed by atoms with Crippen LogP contribution in [0.3, 0.4) is 0 Å². The van der Waals surface area contributed by atoms with Crippen LogP contribution in [-0.4, -0.2) is 27.9 Å². The molecule has 0 saturated heterocycles. The molecule has 22 heavy (non-hydrogen) atoms. The molecule has 8 heteroatoms. The number of benzene rings is 1. The minimum absolute atomic E-state index is 0.0374. The van der Waals surface area contributed by atoms with E-state index in [9.17, 15) is 13.2 Å². The normalized spacial score (nSPS) is 11.4. The summed E-state index contributed by atoms with van der Waals surface area (Å²) in [5.41, 5.74) is 1.08. The maximum absolute atomic E-state index is 11.9. The average molecular weight is 387 g/mol. The predicted molar refractivity (Wildman–Crippen MR) is 85.1 cm³/mol. The Balaban J connectivity index is 1.91. The number of nitrogens with one attached hydrogen (secondary N) is 2. The van der Waals surface area contributed by atoms with Gasteiger partial charge in [0.1, 0.15) is 0 Å². The second-order valence-corrected chi connectivity index (χ2v) is 7.19. The lowest BCUT2D eigenvalue weighted by Gasteiger charge is -2.04. The Hall–Kier alpha value is -1.64. The van der Waals surface area contributed by atoms with Crippen molar-refractivity contribution in [2.45, 2.75) is 11.5 Å². The highest BCUT2D eigenvalue weighted by molar-refractivity contribution is 9.10. The molecule has 1 aromatic carbocycles. The number of sulfonamides is 1. The molecule has 1 amide bonds. The number of carbonyl (C=O) groups excluding carboxylic acids is 1. The Morgan fingerprint density at radius 2 is 1.86 bits per heavy atom. The molecule has 0 spiro atoms. The maximum atomic E-state index is 11.9. The van der Waals surface area contributed by atoms with E-state index in [1.807, 2.05) is 24.3 Å². The molecule has 118 valence electrons. The molecule has 0 saturated carbocycles. The van der Waals surface area contributed by atoms with Crippen LogP contribution < -0.4 is 10.0 Å². The fourth-order valence-corrected chi connectivity index (χ4v) is 2.66. The Labute approximate surface area is 137 Å². The first kappa shape index (κ1) is 16.7. The van der Waals surface area contributed by atoms with E-state index in [-0.39, 0.29) is 10.9 Å². The van der Waals surface area contributed by atoms with Crippen LogP contribution in [0.15, 0.2) is 50.4 Å². The van der Waals surface area contributed by atoms with Gasteiger partial charge in [0.05, 0.1) is 0 Å². The largest absolute Gasteiger partial charge is 0.438 e. The van der Waals surface area contributed by atoms with Crippen molar-refractivity contribution in [3.05, 3.63) is 52.2 Å². The van der Waals surface area contributed by atoms with Crippen molar-refractivity contribution in [3.8, 4) is 0 Å². The number of rotatable bonds is 6. The molecule has 6 nitrogen and oxygen atoms in total. The van der Waals surface area contributed by atoms with Crippen molar-refractivity contribution >= 4 is 31.9 Å². The van der Waals surface area contributed by atoms with E-state index in [2.05, 4.69) is 26.0 Å². The molecule has 0 aliphatic heterocycles. The van der Waals surface area contributed by atoms with Gasteiger partial charge in [0.15, 0.2) is 5.76 Å². The van der Waals surface area contributed by atoms with Gasteiger partial charge < -0.3 is 9.73 Å². The van der Waals surface area contributed by atoms with E-state index in [1.54, 1.807) is 0 Å². The van der Waals surface area contributed by atoms with Crippen LogP contribution in [0.5, 0.6) is 0 Å². The summed E-state index contributed by atoms with van der Waals surface area (Å²) in [7, 11) is -2.41. The first-order valence-electron chi connectivity index (χ1n) is 6.48. The Morgan fingerprint density at radius 1 is 1.18 bits per heavy atom. The molecular weight excluding hydrogens is 372 g/mol. The number of hydrogen-bond donors (Lipinski definition) is 2. The fourth-order valence-electron chi connectivity index (χ4n) is 1.75. The van der Waals surface area contributed by atoms with Crippen LogP contribution in [0.1, 0.15) is 16.1 Å². The lowest BCUT2D eigenvalue weighted by atomic mass is 10.1. The fraction of sp³-hybridized carbons (Fsp3) is 0.214. The highest BCUT2D eigenvalue weighted by atomic mass is 79.9. The van der Waals surface area contributed by atoms with E-state index >= 15 is 0 Å². The van der Waals surface area contributed by atoms with Gasteiger partial charge in [0.25, 0.3) is 15.9 Å². The quantitative estimate of drug-likeness (QED) is 0.793. The summed E-state index contributed by atoms with van der Waals surface area (Å²) in [6.45, 7) is 0.426. The summed E-state index contributed by atoms with van der Waals surface area (Å²) in [5.74, 6) is -0.487. The van der Waals surface area contributed by atoms with Gasteiger partial charge in [-0.25, -0.2) is 13.1 Å². The van der Waals surface area contributed by atoms with Crippen LogP contribution in [0.25, 0.3) is 0 Å². The summed E-state index contributed by atoms with van der Waals surface area (Å²) in [5, 5.41) is 2.40. The summed E-state index contributed by atoms with van der Waals surface area (Å²) in [6, 6.07) is 10.4. The van der Waals surface area contributed by atoms with Gasteiger partial charge in [0.2, 0.25) is 5.09 Å². The van der Waals surface area contributed by atoms with Gasteiger partial charge in [0, 0.05) is 11.0 Å². The molecule has 1 heterocycles. The van der Waals surface area contributed by atoms with Crippen molar-refractivity contribution in [2.24, 2.45) is 0 Å². The standard InChI is InChI=1S/C14H15BrN2O4S/c1-16-22(19,20)13-7-6-12(21-13)14(18)17-9-8-10-2-4-11(15)5-3-10/h2-7,16H,8-9H2,1H3,(H,17,18). The Morgan fingerprint density at radius 3 is 2.50 bits per heavy atom. The smallest absolute Gasteiger partial charge is 0.287 e. The average Bonchev–Trinajstić information content (AvgIpc) is 3.00. The van der Waals surface area contributed by atoms with Gasteiger partial charge >= 0.3 is 0 Å². The highest BCUT2D eigenvalue weighted by Gasteiger charge is 2.19. The van der Waals surface area contributed by atoms with Crippen molar-refractivity contribution in [3.63, 3.8) is 0 Å². The van der Waals surface area contributed by atoms with Crippen LogP contribution in [-0.2, 0) is 16.4 Å². The zero-order valence-electron chi connectivity index (χ0n) is 11.8. The molecule has 0 aliphatic rings. The summed E-state index contributed by atoms with van der Waals surface area (Å²) < 4.78 is 31.2. The zero-order chi connectivity index (χ0) is 16.2. The topological polar surface area (TPSA) is 88.4 Å². The zero-order valence-corrected chi connectivity index (χ0v) is 14.2. The van der Waals surface area contributed by atoms with Crippen LogP contribution in [0.4, 0.5) is 0 Å². The van der Waals surface area contributed by atoms with Crippen molar-refractivity contribution in [1.82, 2.24) is 10.0 Å². The monoisotopic (exact) mass is 386 g/mol. The SMILES string of the molecule is CNS(=O)(=O)c1ccc(C(=O)NCCc2ccc(Br)cc2)o1. The van der Waals surface area contributed by atoms with Crippen LogP contribution >= 0.6 is 15.9 Å². The van der Waals surface area contributed by atoms with E-state index in [4.69, 9.17) is 4.42 Å². The maximum Gasteiger partial charge on any atom is 0.287 e. The minimum atomic E-state index is -3.68. The third-order valence-corrected chi connectivity index (χ3v) is 4.77. The van der Waals surface area contributed by atoms with Crippen LogP contribution in [0, 0.1) is 0 Å². The van der Waals surface area contributed by atoms with Crippen molar-refractivity contribution < 1.29 is 17.6 Å². The summed E-state index contributed by atoms with van der Waals surface area (Å²) >= 11 is 3.36. The lowest BCUT2D eigenvalue weighted by Crippen LogP contribution is -2.25. The molecule has 0 atom stereocenters. The second kappa shape index (κ2) is 7.08. The molecule has 2 N–H and O–H groups in total.